The molecule has 0 saturated carbocycles. The molecule has 2 heterocycles. The quantitative estimate of drug-likeness (QED) is 0.509. The highest BCUT2D eigenvalue weighted by molar-refractivity contribution is 5.85. The molecular formula is C24H30ClFN2O2. The molecule has 0 bridgehead atoms. The number of methoxy groups -OCH3 is 1. The Morgan fingerprint density at radius 3 is 2.93 bits per heavy atom. The van der Waals surface area contributed by atoms with E-state index in [1.807, 2.05) is 24.4 Å². The third-order valence-corrected chi connectivity index (χ3v) is 6.18. The molecule has 30 heavy (non-hydrogen) atoms. The Hall–Kier alpha value is -2.24. The number of aromatic nitrogens is 1. The number of aryl methyl sites for hydroxylation is 1. The van der Waals surface area contributed by atoms with Gasteiger partial charge in [-0.15, -0.1) is 12.4 Å². The fourth-order valence-corrected chi connectivity index (χ4v) is 4.64. The number of benzene rings is 2. The van der Waals surface area contributed by atoms with Crippen molar-refractivity contribution < 1.29 is 13.9 Å². The summed E-state index contributed by atoms with van der Waals surface area (Å²) in [6.45, 7) is 1.40. The molecule has 0 saturated heterocycles. The van der Waals surface area contributed by atoms with Gasteiger partial charge < -0.3 is 20.2 Å². The zero-order chi connectivity index (χ0) is 20.2. The highest BCUT2D eigenvalue weighted by Crippen LogP contribution is 2.38. The number of H-pyrrole nitrogens is 1. The molecule has 0 fully saturated rings. The van der Waals surface area contributed by atoms with Crippen molar-refractivity contribution in [2.24, 2.45) is 17.6 Å². The molecule has 4 nitrogen and oxygen atoms in total. The lowest BCUT2D eigenvalue weighted by atomic mass is 9.80. The van der Waals surface area contributed by atoms with Crippen LogP contribution in [0.5, 0.6) is 11.5 Å². The average Bonchev–Trinajstić information content (AvgIpc) is 3.14. The van der Waals surface area contributed by atoms with Crippen LogP contribution in [-0.2, 0) is 12.8 Å². The summed E-state index contributed by atoms with van der Waals surface area (Å²) in [5.41, 5.74) is 9.27. The minimum atomic E-state index is -0.189. The normalized spacial score (nSPS) is 16.4. The molecule has 4 rings (SSSR count). The molecule has 162 valence electrons. The molecule has 1 aliphatic heterocycles. The predicted octanol–water partition coefficient (Wildman–Crippen LogP) is 5.28. The second kappa shape index (κ2) is 10.2. The van der Waals surface area contributed by atoms with Crippen molar-refractivity contribution in [3.63, 3.8) is 0 Å². The number of nitrogens with two attached hydrogens (primary N) is 1. The van der Waals surface area contributed by atoms with Crippen LogP contribution in [0.25, 0.3) is 10.9 Å². The van der Waals surface area contributed by atoms with Gasteiger partial charge in [0, 0.05) is 28.6 Å². The van der Waals surface area contributed by atoms with Crippen molar-refractivity contribution in [3.05, 3.63) is 59.5 Å². The van der Waals surface area contributed by atoms with E-state index >= 15 is 0 Å². The van der Waals surface area contributed by atoms with E-state index in [4.69, 9.17) is 15.2 Å². The SMILES string of the molecule is COc1cccc2c1C[C@@H](C(CCN)CCCc1c[nH]c3ccc(F)cc13)CO2.Cl. The standard InChI is InChI=1S/C24H29FN2O2.ClH/c1-28-23-6-3-7-24-21(23)12-18(15-29-24)16(10-11-26)4-2-5-17-14-27-22-9-8-19(25)13-20(17)22;/h3,6-9,13-14,16,18,27H,2,4-5,10-12,15,26H2,1H3;1H/t16?,18-;/m1./s1. The number of fused-ring (bicyclic) bond motifs is 2. The van der Waals surface area contributed by atoms with Crippen molar-refractivity contribution in [2.75, 3.05) is 20.3 Å². The molecule has 0 spiro atoms. The highest BCUT2D eigenvalue weighted by Gasteiger charge is 2.28. The third-order valence-electron chi connectivity index (χ3n) is 6.18. The summed E-state index contributed by atoms with van der Waals surface area (Å²) in [5.74, 6) is 2.58. The van der Waals surface area contributed by atoms with Gasteiger partial charge in [-0.2, -0.15) is 0 Å². The van der Waals surface area contributed by atoms with Crippen LogP contribution in [-0.4, -0.2) is 25.2 Å². The van der Waals surface area contributed by atoms with Crippen LogP contribution in [0.3, 0.4) is 0 Å². The van der Waals surface area contributed by atoms with Crippen LogP contribution in [0.1, 0.15) is 30.4 Å². The first-order valence-corrected chi connectivity index (χ1v) is 10.4. The van der Waals surface area contributed by atoms with E-state index < -0.39 is 0 Å². The molecule has 6 heteroatoms. The lowest BCUT2D eigenvalue weighted by Gasteiger charge is -2.32. The van der Waals surface area contributed by atoms with Gasteiger partial charge in [0.2, 0.25) is 0 Å². The Bertz CT molecular complexity index is 961. The lowest BCUT2D eigenvalue weighted by Crippen LogP contribution is -2.30. The largest absolute Gasteiger partial charge is 0.496 e. The summed E-state index contributed by atoms with van der Waals surface area (Å²) in [6.07, 6.45) is 7.01. The summed E-state index contributed by atoms with van der Waals surface area (Å²) in [4.78, 5) is 3.25. The molecule has 0 amide bonds. The monoisotopic (exact) mass is 432 g/mol. The second-order valence-corrected chi connectivity index (χ2v) is 7.95. The second-order valence-electron chi connectivity index (χ2n) is 7.95. The van der Waals surface area contributed by atoms with E-state index in [0.29, 0.717) is 18.4 Å². The summed E-state index contributed by atoms with van der Waals surface area (Å²) in [5, 5.41) is 0.986. The zero-order valence-corrected chi connectivity index (χ0v) is 18.1. The average molecular weight is 433 g/mol. The van der Waals surface area contributed by atoms with Crippen molar-refractivity contribution in [1.82, 2.24) is 4.98 Å². The first kappa shape index (κ1) is 22.4. The van der Waals surface area contributed by atoms with Crippen LogP contribution in [0.4, 0.5) is 4.39 Å². The Morgan fingerprint density at radius 2 is 2.13 bits per heavy atom. The fourth-order valence-electron chi connectivity index (χ4n) is 4.64. The maximum absolute atomic E-state index is 13.6. The van der Waals surface area contributed by atoms with Gasteiger partial charge >= 0.3 is 0 Å². The minimum absolute atomic E-state index is 0. The number of hydrogen-bond acceptors (Lipinski definition) is 3. The number of nitrogens with one attached hydrogen (secondary N) is 1. The van der Waals surface area contributed by atoms with E-state index in [2.05, 4.69) is 4.98 Å². The summed E-state index contributed by atoms with van der Waals surface area (Å²) in [6, 6.07) is 10.9. The minimum Gasteiger partial charge on any atom is -0.496 e. The fraction of sp³-hybridized carbons (Fsp3) is 0.417. The molecule has 2 aromatic carbocycles. The summed E-state index contributed by atoms with van der Waals surface area (Å²) in [7, 11) is 1.71. The number of aromatic amines is 1. The van der Waals surface area contributed by atoms with Crippen LogP contribution in [0.15, 0.2) is 42.6 Å². The highest BCUT2D eigenvalue weighted by atomic mass is 35.5. The Kier molecular flexibility index (Phi) is 7.62. The zero-order valence-electron chi connectivity index (χ0n) is 17.3. The van der Waals surface area contributed by atoms with E-state index in [0.717, 1.165) is 61.1 Å². The number of halogens is 2. The van der Waals surface area contributed by atoms with E-state index in [9.17, 15) is 4.39 Å². The first-order chi connectivity index (χ1) is 14.2. The van der Waals surface area contributed by atoms with Gasteiger partial charge in [-0.25, -0.2) is 4.39 Å². The summed E-state index contributed by atoms with van der Waals surface area (Å²) >= 11 is 0. The molecule has 3 aromatic rings. The van der Waals surface area contributed by atoms with Gasteiger partial charge in [0.05, 0.1) is 13.7 Å². The van der Waals surface area contributed by atoms with Crippen molar-refractivity contribution in [3.8, 4) is 11.5 Å². The van der Waals surface area contributed by atoms with Gasteiger partial charge in [-0.1, -0.05) is 6.07 Å². The van der Waals surface area contributed by atoms with Crippen LogP contribution in [0, 0.1) is 17.7 Å². The van der Waals surface area contributed by atoms with Crippen LogP contribution >= 0.6 is 12.4 Å². The van der Waals surface area contributed by atoms with E-state index in [1.54, 1.807) is 19.2 Å². The third kappa shape index (κ3) is 4.73. The Balaban J connectivity index is 0.00000256. The van der Waals surface area contributed by atoms with Gasteiger partial charge in [0.1, 0.15) is 17.3 Å². The molecular weight excluding hydrogens is 403 g/mol. The first-order valence-electron chi connectivity index (χ1n) is 10.4. The van der Waals surface area contributed by atoms with Crippen LogP contribution in [0.2, 0.25) is 0 Å². The van der Waals surface area contributed by atoms with Gasteiger partial charge in [0.25, 0.3) is 0 Å². The smallest absolute Gasteiger partial charge is 0.126 e. The number of ether oxygens (including phenoxy) is 2. The van der Waals surface area contributed by atoms with Gasteiger partial charge in [-0.05, 0) is 80.5 Å². The number of rotatable bonds is 8. The Labute approximate surface area is 183 Å². The molecule has 2 atom stereocenters. The molecule has 0 aliphatic carbocycles. The molecule has 1 aliphatic rings. The van der Waals surface area contributed by atoms with Gasteiger partial charge in [-0.3, -0.25) is 0 Å². The molecule has 0 radical (unpaired) electrons. The van der Waals surface area contributed by atoms with E-state index in [1.165, 1.54) is 17.2 Å². The lowest BCUT2D eigenvalue weighted by molar-refractivity contribution is 0.155. The van der Waals surface area contributed by atoms with Crippen molar-refractivity contribution in [2.45, 2.75) is 32.1 Å². The molecule has 1 aromatic heterocycles. The van der Waals surface area contributed by atoms with E-state index in [-0.39, 0.29) is 18.2 Å². The molecule has 1 unspecified atom stereocenters. The maximum Gasteiger partial charge on any atom is 0.126 e. The topological polar surface area (TPSA) is 60.3 Å². The van der Waals surface area contributed by atoms with Crippen LogP contribution < -0.4 is 15.2 Å². The number of hydrogen-bond donors (Lipinski definition) is 2. The van der Waals surface area contributed by atoms with Crippen molar-refractivity contribution >= 4 is 23.3 Å². The predicted molar refractivity (Wildman–Crippen MR) is 121 cm³/mol. The van der Waals surface area contributed by atoms with Gasteiger partial charge in [0.15, 0.2) is 0 Å². The van der Waals surface area contributed by atoms with Crippen molar-refractivity contribution in [1.29, 1.82) is 0 Å². The Morgan fingerprint density at radius 1 is 1.27 bits per heavy atom. The molecule has 3 N–H and O–H groups in total. The summed E-state index contributed by atoms with van der Waals surface area (Å²) < 4.78 is 25.2. The maximum atomic E-state index is 13.6.